The highest BCUT2D eigenvalue weighted by Gasteiger charge is 2.51. The van der Waals surface area contributed by atoms with Crippen molar-refractivity contribution in [2.24, 2.45) is 0 Å². The van der Waals surface area contributed by atoms with Gasteiger partial charge in [0.2, 0.25) is 0 Å². The van der Waals surface area contributed by atoms with Gasteiger partial charge in [0.15, 0.2) is 9.84 Å². The summed E-state index contributed by atoms with van der Waals surface area (Å²) in [6.45, 7) is 0. The molecule has 8 heteroatoms. The number of nitrogens with zero attached hydrogens (tertiary/aromatic N) is 1. The molecule has 2 unspecified atom stereocenters. The van der Waals surface area contributed by atoms with Gasteiger partial charge in [-0.1, -0.05) is 6.42 Å². The van der Waals surface area contributed by atoms with Crippen LogP contribution in [0.15, 0.2) is 18.5 Å². The smallest absolute Gasteiger partial charge is 0.385 e. The quantitative estimate of drug-likeness (QED) is 0.856. The maximum Gasteiger partial charge on any atom is 0.417 e. The first-order valence-electron chi connectivity index (χ1n) is 7.11. The molecule has 4 nitrogen and oxygen atoms in total. The molecule has 3 heterocycles. The number of fused-ring (bicyclic) bond motifs is 2. The predicted molar refractivity (Wildman–Crippen MR) is 72.7 cm³/mol. The van der Waals surface area contributed by atoms with Crippen molar-refractivity contribution >= 4 is 9.84 Å². The van der Waals surface area contributed by atoms with Crippen LogP contribution in [0, 0.1) is 0 Å². The van der Waals surface area contributed by atoms with E-state index < -0.39 is 37.7 Å². The second kappa shape index (κ2) is 4.92. The van der Waals surface area contributed by atoms with Gasteiger partial charge >= 0.3 is 6.18 Å². The first-order valence-corrected chi connectivity index (χ1v) is 8.72. The molecule has 0 amide bonds. The van der Waals surface area contributed by atoms with E-state index in [1.807, 2.05) is 0 Å². The van der Waals surface area contributed by atoms with E-state index in [0.717, 1.165) is 12.5 Å². The average molecular weight is 335 g/mol. The highest BCUT2D eigenvalue weighted by atomic mass is 32.2. The summed E-state index contributed by atoms with van der Waals surface area (Å²) in [5.41, 5.74) is -2.44. The van der Waals surface area contributed by atoms with Crippen molar-refractivity contribution in [1.29, 1.82) is 0 Å². The zero-order valence-electron chi connectivity index (χ0n) is 11.7. The van der Waals surface area contributed by atoms with Gasteiger partial charge in [0, 0.05) is 18.0 Å². The van der Waals surface area contributed by atoms with Crippen molar-refractivity contribution in [2.75, 3.05) is 0 Å². The molecule has 2 bridgehead atoms. The monoisotopic (exact) mass is 335 g/mol. The van der Waals surface area contributed by atoms with Gasteiger partial charge in [0.25, 0.3) is 0 Å². The summed E-state index contributed by atoms with van der Waals surface area (Å²) in [5, 5.41) is 9.44. The molecular weight excluding hydrogens is 319 g/mol. The Morgan fingerprint density at radius 1 is 1.18 bits per heavy atom. The number of sulfone groups is 1. The lowest BCUT2D eigenvalue weighted by Crippen LogP contribution is -2.50. The molecular formula is C14H16F3NO3S. The second-order valence-electron chi connectivity index (χ2n) is 6.16. The fourth-order valence-corrected chi connectivity index (χ4v) is 6.08. The Balaban J connectivity index is 1.99. The number of pyridine rings is 1. The maximum atomic E-state index is 12.8. The Morgan fingerprint density at radius 2 is 1.77 bits per heavy atom. The Labute approximate surface area is 126 Å². The molecule has 1 N–H and O–H groups in total. The van der Waals surface area contributed by atoms with Crippen LogP contribution in [0.2, 0.25) is 0 Å². The summed E-state index contributed by atoms with van der Waals surface area (Å²) in [5.74, 6) is 0. The van der Waals surface area contributed by atoms with E-state index in [9.17, 15) is 26.7 Å². The largest absolute Gasteiger partial charge is 0.417 e. The summed E-state index contributed by atoms with van der Waals surface area (Å²) in [4.78, 5) is 3.57. The van der Waals surface area contributed by atoms with Crippen LogP contribution in [0.25, 0.3) is 0 Å². The Hall–Kier alpha value is -1.15. The topological polar surface area (TPSA) is 67.3 Å². The van der Waals surface area contributed by atoms with E-state index in [1.165, 1.54) is 6.20 Å². The van der Waals surface area contributed by atoms with Crippen LogP contribution in [0.1, 0.15) is 43.2 Å². The molecule has 1 aromatic heterocycles. The van der Waals surface area contributed by atoms with Crippen LogP contribution in [0.5, 0.6) is 0 Å². The van der Waals surface area contributed by atoms with Crippen molar-refractivity contribution in [1.82, 2.24) is 4.98 Å². The van der Waals surface area contributed by atoms with Gasteiger partial charge in [-0.3, -0.25) is 4.98 Å². The van der Waals surface area contributed by atoms with Crippen molar-refractivity contribution in [3.63, 3.8) is 0 Å². The number of hydrogen-bond acceptors (Lipinski definition) is 4. The first kappa shape index (κ1) is 15.7. The van der Waals surface area contributed by atoms with Gasteiger partial charge in [0.1, 0.15) is 0 Å². The SMILES string of the molecule is O=S1(=O)C2CCCC1CC(O)(c1cncc(C(F)(F)F)c1)C2. The minimum absolute atomic E-state index is 0.0501. The Morgan fingerprint density at radius 3 is 2.32 bits per heavy atom. The van der Waals surface area contributed by atoms with Crippen LogP contribution in [0.4, 0.5) is 13.2 Å². The molecule has 2 aliphatic rings. The molecule has 2 aliphatic heterocycles. The van der Waals surface area contributed by atoms with Gasteiger partial charge in [-0.2, -0.15) is 13.2 Å². The predicted octanol–water partition coefficient (Wildman–Crippen LogP) is 2.42. The van der Waals surface area contributed by atoms with Crippen molar-refractivity contribution < 1.29 is 26.7 Å². The molecule has 0 aromatic carbocycles. The summed E-state index contributed by atoms with van der Waals surface area (Å²) in [6.07, 6.45) is -1.09. The van der Waals surface area contributed by atoms with Gasteiger partial charge in [-0.15, -0.1) is 0 Å². The van der Waals surface area contributed by atoms with Crippen LogP contribution < -0.4 is 0 Å². The first-order chi connectivity index (χ1) is 10.1. The fraction of sp³-hybridized carbons (Fsp3) is 0.643. The van der Waals surface area contributed by atoms with Gasteiger partial charge < -0.3 is 5.11 Å². The van der Waals surface area contributed by atoms with Crippen molar-refractivity contribution in [3.8, 4) is 0 Å². The molecule has 3 rings (SSSR count). The van der Waals surface area contributed by atoms with Crippen LogP contribution in [0.3, 0.4) is 0 Å². The van der Waals surface area contributed by atoms with E-state index in [0.29, 0.717) is 19.0 Å². The minimum Gasteiger partial charge on any atom is -0.385 e. The molecule has 2 saturated heterocycles. The number of rotatable bonds is 1. The van der Waals surface area contributed by atoms with E-state index >= 15 is 0 Å². The average Bonchev–Trinajstić information content (AvgIpc) is 2.40. The summed E-state index contributed by atoms with van der Waals surface area (Å²) < 4.78 is 62.9. The Bertz CT molecular complexity index is 667. The van der Waals surface area contributed by atoms with Crippen LogP contribution >= 0.6 is 0 Å². The molecule has 0 saturated carbocycles. The molecule has 2 fully saturated rings. The minimum atomic E-state index is -4.55. The Kier molecular flexibility index (Phi) is 3.52. The number of hydrogen-bond donors (Lipinski definition) is 1. The van der Waals surface area contributed by atoms with Crippen LogP contribution in [-0.2, 0) is 21.6 Å². The highest BCUT2D eigenvalue weighted by Crippen LogP contribution is 2.46. The highest BCUT2D eigenvalue weighted by molar-refractivity contribution is 7.92. The van der Waals surface area contributed by atoms with E-state index in [1.54, 1.807) is 0 Å². The van der Waals surface area contributed by atoms with E-state index in [2.05, 4.69) is 4.98 Å². The lowest BCUT2D eigenvalue weighted by molar-refractivity contribution is -0.138. The third-order valence-electron chi connectivity index (χ3n) is 4.72. The van der Waals surface area contributed by atoms with Crippen molar-refractivity contribution in [3.05, 3.63) is 29.6 Å². The molecule has 0 aliphatic carbocycles. The summed E-state index contributed by atoms with van der Waals surface area (Å²) in [6, 6.07) is 0.876. The van der Waals surface area contributed by atoms with Gasteiger partial charge in [-0.25, -0.2) is 8.42 Å². The van der Waals surface area contributed by atoms with Crippen LogP contribution in [-0.4, -0.2) is 29.0 Å². The molecule has 22 heavy (non-hydrogen) atoms. The zero-order valence-corrected chi connectivity index (χ0v) is 12.5. The zero-order chi connectivity index (χ0) is 16.2. The standard InChI is InChI=1S/C14H16F3NO3S/c15-14(16,17)10-4-9(7-18-8-10)13(19)5-11-2-1-3-12(6-13)22(11,20)21/h4,7-8,11-12,19H,1-3,5-6H2. The number of aliphatic hydroxyl groups is 1. The van der Waals surface area contributed by atoms with E-state index in [-0.39, 0.29) is 18.4 Å². The van der Waals surface area contributed by atoms with Gasteiger partial charge in [-0.05, 0) is 31.7 Å². The number of aromatic nitrogens is 1. The normalized spacial score (nSPS) is 34.4. The third-order valence-corrected chi connectivity index (χ3v) is 7.38. The second-order valence-corrected chi connectivity index (χ2v) is 8.68. The van der Waals surface area contributed by atoms with Gasteiger partial charge in [0.05, 0.1) is 21.7 Å². The van der Waals surface area contributed by atoms with E-state index in [4.69, 9.17) is 0 Å². The fourth-order valence-electron chi connectivity index (χ4n) is 3.53. The molecule has 2 atom stereocenters. The lowest BCUT2D eigenvalue weighted by Gasteiger charge is -2.44. The number of halogens is 3. The molecule has 1 aromatic rings. The molecule has 0 radical (unpaired) electrons. The lowest BCUT2D eigenvalue weighted by atomic mass is 9.81. The summed E-state index contributed by atoms with van der Waals surface area (Å²) >= 11 is 0. The molecule has 122 valence electrons. The van der Waals surface area contributed by atoms with Crippen molar-refractivity contribution in [2.45, 2.75) is 54.4 Å². The molecule has 0 spiro atoms. The summed E-state index contributed by atoms with van der Waals surface area (Å²) in [7, 11) is -3.29. The maximum absolute atomic E-state index is 12.8. The third kappa shape index (κ3) is 2.52. The number of alkyl halides is 3.